The maximum atomic E-state index is 5.99. The Morgan fingerprint density at radius 1 is 1.06 bits per heavy atom. The molecule has 1 aliphatic heterocycles. The standard InChI is InChI=1S/C15H30N2/c1-2-5-15-6-3-4-11-17(15)12-13-7-9-14(16)10-8-13/h13-15H,2-12,16H2,1H3. The van der Waals surface area contributed by atoms with Crippen molar-refractivity contribution in [1.82, 2.24) is 4.90 Å². The third-order valence-electron chi connectivity index (χ3n) is 4.76. The lowest BCUT2D eigenvalue weighted by atomic mass is 9.85. The van der Waals surface area contributed by atoms with Gasteiger partial charge in [-0.1, -0.05) is 19.8 Å². The van der Waals surface area contributed by atoms with Crippen molar-refractivity contribution < 1.29 is 0 Å². The van der Waals surface area contributed by atoms with Crippen LogP contribution in [0.1, 0.15) is 64.7 Å². The fraction of sp³-hybridized carbons (Fsp3) is 1.00. The lowest BCUT2D eigenvalue weighted by Crippen LogP contribution is -2.43. The van der Waals surface area contributed by atoms with E-state index in [4.69, 9.17) is 5.73 Å². The van der Waals surface area contributed by atoms with Gasteiger partial charge in [-0.3, -0.25) is 0 Å². The number of rotatable bonds is 4. The van der Waals surface area contributed by atoms with Crippen molar-refractivity contribution >= 4 is 0 Å². The number of likely N-dealkylation sites (tertiary alicyclic amines) is 1. The number of nitrogens with two attached hydrogens (primary N) is 1. The van der Waals surface area contributed by atoms with E-state index in [0.29, 0.717) is 6.04 Å². The molecule has 1 saturated heterocycles. The third-order valence-corrected chi connectivity index (χ3v) is 4.76. The van der Waals surface area contributed by atoms with E-state index in [1.165, 1.54) is 70.9 Å². The number of hydrogen-bond donors (Lipinski definition) is 1. The first-order valence-electron chi connectivity index (χ1n) is 7.79. The molecule has 1 unspecified atom stereocenters. The van der Waals surface area contributed by atoms with Crippen LogP contribution >= 0.6 is 0 Å². The minimum atomic E-state index is 0.499. The van der Waals surface area contributed by atoms with Crippen molar-refractivity contribution in [3.8, 4) is 0 Å². The van der Waals surface area contributed by atoms with Gasteiger partial charge in [0.2, 0.25) is 0 Å². The predicted molar refractivity (Wildman–Crippen MR) is 74.1 cm³/mol. The molecule has 0 bridgehead atoms. The zero-order chi connectivity index (χ0) is 12.1. The van der Waals surface area contributed by atoms with Crippen LogP contribution in [-0.2, 0) is 0 Å². The van der Waals surface area contributed by atoms with Crippen LogP contribution in [0.4, 0.5) is 0 Å². The Hall–Kier alpha value is -0.0800. The van der Waals surface area contributed by atoms with Crippen LogP contribution in [-0.4, -0.2) is 30.1 Å². The summed E-state index contributed by atoms with van der Waals surface area (Å²) >= 11 is 0. The third kappa shape index (κ3) is 3.96. The van der Waals surface area contributed by atoms with E-state index in [1.807, 2.05) is 0 Å². The van der Waals surface area contributed by atoms with Crippen LogP contribution < -0.4 is 5.73 Å². The molecule has 0 aromatic carbocycles. The van der Waals surface area contributed by atoms with Crippen LogP contribution in [0.25, 0.3) is 0 Å². The topological polar surface area (TPSA) is 29.3 Å². The molecule has 2 fully saturated rings. The summed E-state index contributed by atoms with van der Waals surface area (Å²) in [4.78, 5) is 2.80. The van der Waals surface area contributed by atoms with Gasteiger partial charge in [0.15, 0.2) is 0 Å². The number of nitrogens with zero attached hydrogens (tertiary/aromatic N) is 1. The average molecular weight is 238 g/mol. The summed E-state index contributed by atoms with van der Waals surface area (Å²) < 4.78 is 0. The van der Waals surface area contributed by atoms with Gasteiger partial charge in [0.05, 0.1) is 0 Å². The Morgan fingerprint density at radius 2 is 1.82 bits per heavy atom. The molecule has 1 saturated carbocycles. The zero-order valence-electron chi connectivity index (χ0n) is 11.5. The molecule has 0 aromatic rings. The van der Waals surface area contributed by atoms with Gasteiger partial charge >= 0.3 is 0 Å². The molecule has 0 amide bonds. The first-order valence-corrected chi connectivity index (χ1v) is 7.79. The SMILES string of the molecule is CCCC1CCCCN1CC1CCC(N)CC1. The van der Waals surface area contributed by atoms with Gasteiger partial charge < -0.3 is 10.6 Å². The fourth-order valence-electron chi connectivity index (χ4n) is 3.66. The van der Waals surface area contributed by atoms with Crippen LogP contribution in [0.2, 0.25) is 0 Å². The molecule has 2 N–H and O–H groups in total. The Kier molecular flexibility index (Phi) is 5.30. The maximum Gasteiger partial charge on any atom is 0.00952 e. The van der Waals surface area contributed by atoms with E-state index in [2.05, 4.69) is 11.8 Å². The molecular weight excluding hydrogens is 208 g/mol. The van der Waals surface area contributed by atoms with E-state index in [0.717, 1.165) is 12.0 Å². The van der Waals surface area contributed by atoms with E-state index in [9.17, 15) is 0 Å². The summed E-state index contributed by atoms with van der Waals surface area (Å²) in [5.41, 5.74) is 5.99. The monoisotopic (exact) mass is 238 g/mol. The second-order valence-corrected chi connectivity index (χ2v) is 6.21. The highest BCUT2D eigenvalue weighted by Crippen LogP contribution is 2.28. The lowest BCUT2D eigenvalue weighted by molar-refractivity contribution is 0.105. The van der Waals surface area contributed by atoms with Crippen LogP contribution in [0.3, 0.4) is 0 Å². The molecule has 1 heterocycles. The molecule has 2 heteroatoms. The van der Waals surface area contributed by atoms with Crippen LogP contribution in [0, 0.1) is 5.92 Å². The van der Waals surface area contributed by atoms with E-state index in [-0.39, 0.29) is 0 Å². The molecule has 1 atom stereocenters. The maximum absolute atomic E-state index is 5.99. The van der Waals surface area contributed by atoms with Gasteiger partial charge in [0, 0.05) is 18.6 Å². The molecule has 2 nitrogen and oxygen atoms in total. The predicted octanol–water partition coefficient (Wildman–Crippen LogP) is 3.16. The van der Waals surface area contributed by atoms with Gasteiger partial charge in [-0.2, -0.15) is 0 Å². The summed E-state index contributed by atoms with van der Waals surface area (Å²) in [6, 6.07) is 1.39. The van der Waals surface area contributed by atoms with Crippen molar-refractivity contribution in [2.45, 2.75) is 76.8 Å². The van der Waals surface area contributed by atoms with Crippen LogP contribution in [0.15, 0.2) is 0 Å². The lowest BCUT2D eigenvalue weighted by Gasteiger charge is -2.39. The van der Waals surface area contributed by atoms with Gasteiger partial charge in [-0.05, 0) is 57.4 Å². The Bertz CT molecular complexity index is 207. The minimum absolute atomic E-state index is 0.499. The van der Waals surface area contributed by atoms with Crippen molar-refractivity contribution in [1.29, 1.82) is 0 Å². The molecule has 0 radical (unpaired) electrons. The minimum Gasteiger partial charge on any atom is -0.328 e. The molecule has 0 aromatic heterocycles. The number of piperidine rings is 1. The van der Waals surface area contributed by atoms with Gasteiger partial charge in [-0.25, -0.2) is 0 Å². The Labute approximate surface area is 107 Å². The second kappa shape index (κ2) is 6.75. The van der Waals surface area contributed by atoms with Gasteiger partial charge in [-0.15, -0.1) is 0 Å². The quantitative estimate of drug-likeness (QED) is 0.815. The van der Waals surface area contributed by atoms with E-state index >= 15 is 0 Å². The molecule has 2 rings (SSSR count). The summed E-state index contributed by atoms with van der Waals surface area (Å²) in [6.07, 6.45) is 12.3. The largest absolute Gasteiger partial charge is 0.328 e. The molecule has 17 heavy (non-hydrogen) atoms. The Morgan fingerprint density at radius 3 is 2.53 bits per heavy atom. The van der Waals surface area contributed by atoms with E-state index < -0.39 is 0 Å². The Balaban J connectivity index is 1.79. The smallest absolute Gasteiger partial charge is 0.00952 e. The van der Waals surface area contributed by atoms with Gasteiger partial charge in [0.25, 0.3) is 0 Å². The molecule has 0 spiro atoms. The summed E-state index contributed by atoms with van der Waals surface area (Å²) in [7, 11) is 0. The summed E-state index contributed by atoms with van der Waals surface area (Å²) in [6.45, 7) is 5.04. The van der Waals surface area contributed by atoms with Crippen molar-refractivity contribution in [2.75, 3.05) is 13.1 Å². The van der Waals surface area contributed by atoms with Crippen molar-refractivity contribution in [2.24, 2.45) is 11.7 Å². The van der Waals surface area contributed by atoms with Gasteiger partial charge in [0.1, 0.15) is 0 Å². The number of hydrogen-bond acceptors (Lipinski definition) is 2. The summed E-state index contributed by atoms with van der Waals surface area (Å²) in [5.74, 6) is 0.937. The summed E-state index contributed by atoms with van der Waals surface area (Å²) in [5, 5.41) is 0. The van der Waals surface area contributed by atoms with E-state index in [1.54, 1.807) is 0 Å². The molecule has 2 aliphatic rings. The molecule has 100 valence electrons. The highest BCUT2D eigenvalue weighted by atomic mass is 15.2. The molecular formula is C15H30N2. The first-order chi connectivity index (χ1) is 8.29. The molecule has 1 aliphatic carbocycles. The second-order valence-electron chi connectivity index (χ2n) is 6.21. The van der Waals surface area contributed by atoms with Crippen molar-refractivity contribution in [3.63, 3.8) is 0 Å². The van der Waals surface area contributed by atoms with Crippen LogP contribution in [0.5, 0.6) is 0 Å². The fourth-order valence-corrected chi connectivity index (χ4v) is 3.66. The zero-order valence-corrected chi connectivity index (χ0v) is 11.5. The highest BCUT2D eigenvalue weighted by molar-refractivity contribution is 4.82. The highest BCUT2D eigenvalue weighted by Gasteiger charge is 2.26. The first kappa shape index (κ1) is 13.4. The van der Waals surface area contributed by atoms with Crippen molar-refractivity contribution in [3.05, 3.63) is 0 Å². The average Bonchev–Trinajstić information content (AvgIpc) is 2.35. The normalized spacial score (nSPS) is 36.0.